The molecule has 0 radical (unpaired) electrons. The summed E-state index contributed by atoms with van der Waals surface area (Å²) in [5.41, 5.74) is -0.792. The molecular weight excluding hydrogens is 507 g/mol. The van der Waals surface area contributed by atoms with E-state index in [0.717, 1.165) is 11.0 Å². The Balaban J connectivity index is 1.52. The number of hydrogen-bond acceptors (Lipinski definition) is 4. The van der Waals surface area contributed by atoms with Crippen LogP contribution >= 0.6 is 0 Å². The molecule has 0 spiro atoms. The molecule has 12 heteroatoms. The number of rotatable bonds is 7. The topological polar surface area (TPSA) is 75.7 Å². The third-order valence-corrected chi connectivity index (χ3v) is 8.81. The first-order valence-corrected chi connectivity index (χ1v) is 13.1. The maximum absolute atomic E-state index is 15.5. The summed E-state index contributed by atoms with van der Waals surface area (Å²) < 4.78 is 106. The number of hydrogen-bond donors (Lipinski definition) is 1. The molecule has 1 saturated carbocycles. The number of halogens is 5. The standard InChI is InChI=1S/C24H23F5N2O4S/c25-17-6-2-5-16(21(17)27)15-4-1-3-13(20(15)26)11-18-22(30-36(33,34)14-7-8-14)24(28,29)12-31(18)23(32)19-9-10-35-19/h1-6,14,18-19,22,30H,7-12H2/t18-,19?,22+/m0/s1. The molecule has 2 aromatic rings. The number of benzene rings is 2. The van der Waals surface area contributed by atoms with E-state index in [1.165, 1.54) is 30.3 Å². The summed E-state index contributed by atoms with van der Waals surface area (Å²) in [6.07, 6.45) is -0.406. The molecule has 3 atom stereocenters. The van der Waals surface area contributed by atoms with Crippen LogP contribution in [-0.2, 0) is 26.0 Å². The van der Waals surface area contributed by atoms with Crippen LogP contribution in [-0.4, -0.2) is 61.7 Å². The Hall–Kier alpha value is -2.57. The van der Waals surface area contributed by atoms with E-state index >= 15 is 13.2 Å². The van der Waals surface area contributed by atoms with Gasteiger partial charge in [-0.3, -0.25) is 4.79 Å². The van der Waals surface area contributed by atoms with Crippen LogP contribution in [0.25, 0.3) is 11.1 Å². The Bertz CT molecular complexity index is 1300. The molecule has 3 aliphatic rings. The van der Waals surface area contributed by atoms with Crippen molar-refractivity contribution in [3.63, 3.8) is 0 Å². The molecule has 2 saturated heterocycles. The Morgan fingerprint density at radius 2 is 1.67 bits per heavy atom. The zero-order chi connectivity index (χ0) is 25.8. The molecule has 1 N–H and O–H groups in total. The number of sulfonamides is 1. The lowest BCUT2D eigenvalue weighted by molar-refractivity contribution is -0.158. The number of carbonyl (C=O) groups excluding carboxylic acids is 1. The molecule has 2 aromatic carbocycles. The second-order valence-corrected chi connectivity index (χ2v) is 11.4. The average molecular weight is 531 g/mol. The van der Waals surface area contributed by atoms with Crippen LogP contribution in [0.4, 0.5) is 22.0 Å². The minimum absolute atomic E-state index is 0.151. The van der Waals surface area contributed by atoms with Crippen molar-refractivity contribution >= 4 is 15.9 Å². The van der Waals surface area contributed by atoms with Crippen LogP contribution in [0.3, 0.4) is 0 Å². The fraction of sp³-hybridized carbons (Fsp3) is 0.458. The van der Waals surface area contributed by atoms with Crippen molar-refractivity contribution in [1.82, 2.24) is 9.62 Å². The van der Waals surface area contributed by atoms with Gasteiger partial charge in [-0.25, -0.2) is 35.1 Å². The van der Waals surface area contributed by atoms with E-state index in [0.29, 0.717) is 25.9 Å². The monoisotopic (exact) mass is 530 g/mol. The smallest absolute Gasteiger partial charge is 0.283 e. The summed E-state index contributed by atoms with van der Waals surface area (Å²) in [7, 11) is -4.08. The summed E-state index contributed by atoms with van der Waals surface area (Å²) in [6.45, 7) is -0.771. The lowest BCUT2D eigenvalue weighted by Gasteiger charge is -2.34. The number of nitrogens with zero attached hydrogens (tertiary/aromatic N) is 1. The van der Waals surface area contributed by atoms with E-state index in [1.807, 2.05) is 0 Å². The second kappa shape index (κ2) is 9.07. The normalized spacial score (nSPS) is 25.6. The van der Waals surface area contributed by atoms with Gasteiger partial charge in [0, 0.05) is 17.5 Å². The van der Waals surface area contributed by atoms with E-state index in [2.05, 4.69) is 4.72 Å². The number of amides is 1. The number of carbonyl (C=O) groups is 1. The lowest BCUT2D eigenvalue weighted by atomic mass is 9.95. The molecule has 36 heavy (non-hydrogen) atoms. The van der Waals surface area contributed by atoms with Gasteiger partial charge in [0.05, 0.1) is 24.4 Å². The zero-order valence-electron chi connectivity index (χ0n) is 18.9. The summed E-state index contributed by atoms with van der Waals surface area (Å²) in [5.74, 6) is -7.79. The van der Waals surface area contributed by atoms with Gasteiger partial charge in [-0.05, 0) is 30.9 Å². The van der Waals surface area contributed by atoms with Gasteiger partial charge in [0.15, 0.2) is 11.6 Å². The molecular formula is C24H23F5N2O4S. The van der Waals surface area contributed by atoms with Gasteiger partial charge in [-0.1, -0.05) is 30.3 Å². The van der Waals surface area contributed by atoms with Crippen molar-refractivity contribution in [2.45, 2.75) is 55.0 Å². The summed E-state index contributed by atoms with van der Waals surface area (Å²) in [4.78, 5) is 13.8. The Labute approximate surface area is 204 Å². The first-order chi connectivity index (χ1) is 17.0. The van der Waals surface area contributed by atoms with Gasteiger partial charge in [-0.2, -0.15) is 0 Å². The van der Waals surface area contributed by atoms with Crippen LogP contribution in [0.1, 0.15) is 24.8 Å². The highest BCUT2D eigenvalue weighted by molar-refractivity contribution is 7.90. The minimum Gasteiger partial charge on any atom is -0.368 e. The molecule has 0 bridgehead atoms. The van der Waals surface area contributed by atoms with Crippen LogP contribution in [0.2, 0.25) is 0 Å². The maximum atomic E-state index is 15.5. The van der Waals surface area contributed by atoms with Gasteiger partial charge < -0.3 is 9.64 Å². The van der Waals surface area contributed by atoms with E-state index in [9.17, 15) is 22.0 Å². The minimum atomic E-state index is -4.08. The Kier molecular flexibility index (Phi) is 6.32. The van der Waals surface area contributed by atoms with E-state index in [1.54, 1.807) is 0 Å². The quantitative estimate of drug-likeness (QED) is 0.557. The first-order valence-electron chi connectivity index (χ1n) is 11.5. The average Bonchev–Trinajstić information content (AvgIpc) is 3.60. The molecule has 2 aliphatic heterocycles. The van der Waals surface area contributed by atoms with Crippen LogP contribution in [0.5, 0.6) is 0 Å². The van der Waals surface area contributed by atoms with Crippen molar-refractivity contribution < 1.29 is 39.9 Å². The van der Waals surface area contributed by atoms with Gasteiger partial charge in [-0.15, -0.1) is 0 Å². The highest BCUT2D eigenvalue weighted by Gasteiger charge is 2.59. The summed E-state index contributed by atoms with van der Waals surface area (Å²) in [5, 5.41) is -0.787. The SMILES string of the molecule is O=C(C1CCO1)N1CC(F)(F)[C@H](NS(=O)(=O)C2CC2)[C@@H]1Cc1cccc(-c2cccc(F)c2F)c1F. The van der Waals surface area contributed by atoms with Gasteiger partial charge >= 0.3 is 0 Å². The fourth-order valence-corrected chi connectivity index (χ4v) is 6.32. The fourth-order valence-electron chi connectivity index (χ4n) is 4.69. The van der Waals surface area contributed by atoms with Crippen molar-refractivity contribution in [2.75, 3.05) is 13.2 Å². The predicted octanol–water partition coefficient (Wildman–Crippen LogP) is 3.40. The molecule has 1 amide bonds. The van der Waals surface area contributed by atoms with Crippen molar-refractivity contribution in [1.29, 1.82) is 0 Å². The van der Waals surface area contributed by atoms with Crippen LogP contribution in [0, 0.1) is 17.5 Å². The Morgan fingerprint density at radius 3 is 2.28 bits per heavy atom. The van der Waals surface area contributed by atoms with Crippen molar-refractivity contribution in [2.24, 2.45) is 0 Å². The molecule has 6 nitrogen and oxygen atoms in total. The predicted molar refractivity (Wildman–Crippen MR) is 119 cm³/mol. The molecule has 1 unspecified atom stereocenters. The number of likely N-dealkylation sites (tertiary alicyclic amines) is 1. The molecule has 1 aliphatic carbocycles. The first kappa shape index (κ1) is 25.1. The third kappa shape index (κ3) is 4.50. The maximum Gasteiger partial charge on any atom is 0.283 e. The molecule has 3 fully saturated rings. The highest BCUT2D eigenvalue weighted by atomic mass is 32.2. The van der Waals surface area contributed by atoms with E-state index < -0.39 is 75.7 Å². The zero-order valence-corrected chi connectivity index (χ0v) is 19.7. The van der Waals surface area contributed by atoms with E-state index in [-0.39, 0.29) is 16.7 Å². The Morgan fingerprint density at radius 1 is 1.03 bits per heavy atom. The second-order valence-electron chi connectivity index (χ2n) is 9.37. The third-order valence-electron chi connectivity index (χ3n) is 6.88. The summed E-state index contributed by atoms with van der Waals surface area (Å²) >= 11 is 0. The molecule has 2 heterocycles. The lowest BCUT2D eigenvalue weighted by Crippen LogP contribution is -2.54. The van der Waals surface area contributed by atoms with Gasteiger partial charge in [0.25, 0.3) is 11.8 Å². The van der Waals surface area contributed by atoms with E-state index in [4.69, 9.17) is 4.74 Å². The van der Waals surface area contributed by atoms with Crippen molar-refractivity contribution in [3.8, 4) is 11.1 Å². The molecule has 5 rings (SSSR count). The molecule has 194 valence electrons. The summed E-state index contributed by atoms with van der Waals surface area (Å²) in [6, 6.07) is 3.69. The van der Waals surface area contributed by atoms with Gasteiger partial charge in [0.2, 0.25) is 10.0 Å². The number of nitrogens with one attached hydrogen (secondary N) is 1. The van der Waals surface area contributed by atoms with Crippen LogP contribution in [0.15, 0.2) is 36.4 Å². The highest BCUT2D eigenvalue weighted by Crippen LogP contribution is 2.39. The molecule has 0 aromatic heterocycles. The van der Waals surface area contributed by atoms with Gasteiger partial charge in [0.1, 0.15) is 18.0 Å². The number of alkyl halides is 2. The largest absolute Gasteiger partial charge is 0.368 e. The number of ether oxygens (including phenoxy) is 1. The van der Waals surface area contributed by atoms with Crippen LogP contribution < -0.4 is 4.72 Å². The van der Waals surface area contributed by atoms with Crippen molar-refractivity contribution in [3.05, 3.63) is 59.4 Å².